The van der Waals surface area contributed by atoms with Crippen molar-refractivity contribution in [3.05, 3.63) is 48.0 Å². The standard InChI is InChI=1S/C20H20FN3O3/c21-18-13(2-1-7-23-18)11-3-6-16-15(8-11)20(10-26-19(22)24-20)14-5-4-12(25)9-17(14)27-16/h1-3,6-8,12,14,17,25H,4-5,9-10H2,(H2,22,24)/t12-,14?,17+,20?/m0/s1. The topological polar surface area (TPSA) is 90.0 Å². The van der Waals surface area contributed by atoms with Gasteiger partial charge in [-0.25, -0.2) is 9.98 Å². The maximum Gasteiger partial charge on any atom is 0.283 e. The third-order valence-electron chi connectivity index (χ3n) is 5.92. The number of amidine groups is 1. The first kappa shape index (κ1) is 16.5. The number of fused-ring (bicyclic) bond motifs is 4. The van der Waals surface area contributed by atoms with Crippen molar-refractivity contribution >= 4 is 6.02 Å². The van der Waals surface area contributed by atoms with Gasteiger partial charge >= 0.3 is 0 Å². The number of rotatable bonds is 1. The third kappa shape index (κ3) is 2.49. The number of aliphatic hydroxyl groups excluding tert-OH is 1. The number of benzene rings is 1. The number of ether oxygens (including phenoxy) is 2. The van der Waals surface area contributed by atoms with Gasteiger partial charge in [0.2, 0.25) is 5.95 Å². The van der Waals surface area contributed by atoms with Crippen LogP contribution in [0.3, 0.4) is 0 Å². The zero-order chi connectivity index (χ0) is 18.6. The predicted molar refractivity (Wildman–Crippen MR) is 96.6 cm³/mol. The second-order valence-corrected chi connectivity index (χ2v) is 7.45. The van der Waals surface area contributed by atoms with Crippen LogP contribution in [0.4, 0.5) is 4.39 Å². The molecule has 0 saturated heterocycles. The Morgan fingerprint density at radius 2 is 2.15 bits per heavy atom. The Morgan fingerprint density at radius 3 is 2.93 bits per heavy atom. The summed E-state index contributed by atoms with van der Waals surface area (Å²) in [5.74, 6) is 0.205. The maximum atomic E-state index is 14.2. The summed E-state index contributed by atoms with van der Waals surface area (Å²) in [7, 11) is 0. The Balaban J connectivity index is 1.67. The number of nitrogens with zero attached hydrogens (tertiary/aromatic N) is 2. The molecule has 2 aromatic rings. The van der Waals surface area contributed by atoms with Crippen LogP contribution in [-0.4, -0.2) is 34.9 Å². The van der Waals surface area contributed by atoms with E-state index in [1.165, 1.54) is 6.20 Å². The van der Waals surface area contributed by atoms with E-state index in [0.717, 1.165) is 12.0 Å². The van der Waals surface area contributed by atoms with Crippen molar-refractivity contribution in [1.82, 2.24) is 4.98 Å². The number of aliphatic hydroxyl groups is 1. The minimum atomic E-state index is -0.669. The van der Waals surface area contributed by atoms with Crippen LogP contribution >= 0.6 is 0 Å². The molecule has 5 rings (SSSR count). The van der Waals surface area contributed by atoms with Crippen LogP contribution in [0.2, 0.25) is 0 Å². The first-order valence-corrected chi connectivity index (χ1v) is 9.15. The van der Waals surface area contributed by atoms with Crippen molar-refractivity contribution in [2.24, 2.45) is 16.6 Å². The van der Waals surface area contributed by atoms with Gasteiger partial charge in [-0.3, -0.25) is 0 Å². The summed E-state index contributed by atoms with van der Waals surface area (Å²) in [6, 6.07) is 9.11. The lowest BCUT2D eigenvalue weighted by atomic mass is 9.67. The highest BCUT2D eigenvalue weighted by atomic mass is 19.1. The average Bonchev–Trinajstić information content (AvgIpc) is 3.04. The molecular weight excluding hydrogens is 349 g/mol. The van der Waals surface area contributed by atoms with Crippen LogP contribution in [-0.2, 0) is 10.3 Å². The van der Waals surface area contributed by atoms with E-state index in [2.05, 4.69) is 9.98 Å². The fourth-order valence-electron chi connectivity index (χ4n) is 4.66. The molecule has 1 aromatic carbocycles. The highest BCUT2D eigenvalue weighted by Crippen LogP contribution is 2.53. The fraction of sp³-hybridized carbons (Fsp3) is 0.400. The molecule has 1 aliphatic carbocycles. The van der Waals surface area contributed by atoms with Crippen molar-refractivity contribution in [2.45, 2.75) is 37.0 Å². The number of hydrogen-bond acceptors (Lipinski definition) is 6. The Labute approximate surface area is 155 Å². The van der Waals surface area contributed by atoms with Crippen molar-refractivity contribution in [2.75, 3.05) is 6.61 Å². The second-order valence-electron chi connectivity index (χ2n) is 7.45. The van der Waals surface area contributed by atoms with Gasteiger partial charge in [-0.1, -0.05) is 6.07 Å². The van der Waals surface area contributed by atoms with E-state index in [0.29, 0.717) is 36.3 Å². The minimum Gasteiger partial charge on any atom is -0.490 e. The van der Waals surface area contributed by atoms with Crippen LogP contribution in [0.15, 0.2) is 41.5 Å². The van der Waals surface area contributed by atoms with Gasteiger partial charge in [-0.05, 0) is 42.7 Å². The van der Waals surface area contributed by atoms with Crippen molar-refractivity contribution in [3.63, 3.8) is 0 Å². The summed E-state index contributed by atoms with van der Waals surface area (Å²) in [4.78, 5) is 8.43. The van der Waals surface area contributed by atoms with Crippen LogP contribution in [0.1, 0.15) is 24.8 Å². The van der Waals surface area contributed by atoms with Gasteiger partial charge in [0.05, 0.1) is 6.10 Å². The van der Waals surface area contributed by atoms with Gasteiger partial charge in [-0.2, -0.15) is 4.39 Å². The lowest BCUT2D eigenvalue weighted by Crippen LogP contribution is -2.51. The Morgan fingerprint density at radius 1 is 1.26 bits per heavy atom. The molecule has 2 aliphatic heterocycles. The van der Waals surface area contributed by atoms with Gasteiger partial charge in [0.1, 0.15) is 24.0 Å². The summed E-state index contributed by atoms with van der Waals surface area (Å²) in [6.07, 6.45) is 2.90. The first-order valence-electron chi connectivity index (χ1n) is 9.15. The molecule has 3 N–H and O–H groups in total. The molecule has 2 unspecified atom stereocenters. The monoisotopic (exact) mass is 369 g/mol. The minimum absolute atomic E-state index is 0.0449. The molecule has 27 heavy (non-hydrogen) atoms. The lowest BCUT2D eigenvalue weighted by molar-refractivity contribution is -0.0360. The van der Waals surface area contributed by atoms with Gasteiger partial charge in [-0.15, -0.1) is 0 Å². The van der Waals surface area contributed by atoms with Crippen molar-refractivity contribution in [1.29, 1.82) is 0 Å². The van der Waals surface area contributed by atoms with Crippen LogP contribution < -0.4 is 10.5 Å². The number of pyridine rings is 1. The maximum absolute atomic E-state index is 14.2. The largest absolute Gasteiger partial charge is 0.490 e. The molecule has 3 heterocycles. The quantitative estimate of drug-likeness (QED) is 0.753. The molecule has 140 valence electrons. The number of aromatic nitrogens is 1. The molecule has 0 radical (unpaired) electrons. The molecule has 1 spiro atoms. The van der Waals surface area contributed by atoms with E-state index < -0.39 is 11.5 Å². The molecule has 0 amide bonds. The van der Waals surface area contributed by atoms with Crippen LogP contribution in [0.5, 0.6) is 5.75 Å². The van der Waals surface area contributed by atoms with E-state index >= 15 is 0 Å². The number of halogens is 1. The first-order chi connectivity index (χ1) is 13.1. The molecule has 1 fully saturated rings. The summed E-state index contributed by atoms with van der Waals surface area (Å²) in [6.45, 7) is 0.325. The summed E-state index contributed by atoms with van der Waals surface area (Å²) in [5.41, 5.74) is 7.20. The summed E-state index contributed by atoms with van der Waals surface area (Å²) in [5, 5.41) is 10.1. The Bertz CT molecular complexity index is 934. The molecule has 3 aliphatic rings. The van der Waals surface area contributed by atoms with Gasteiger partial charge in [0.25, 0.3) is 6.02 Å². The number of nitrogens with two attached hydrogens (primary N) is 1. The predicted octanol–water partition coefficient (Wildman–Crippen LogP) is 2.35. The molecular formula is C20H20FN3O3. The Hall–Kier alpha value is -2.67. The fourth-order valence-corrected chi connectivity index (χ4v) is 4.66. The SMILES string of the molecule is NC1=NC2(CO1)c1cc(-c3cccnc3F)ccc1O[C@@H]1C[C@@H](O)CCC12. The van der Waals surface area contributed by atoms with E-state index in [4.69, 9.17) is 15.2 Å². The van der Waals surface area contributed by atoms with E-state index in [1.54, 1.807) is 12.1 Å². The number of hydrogen-bond donors (Lipinski definition) is 2. The Kier molecular flexibility index (Phi) is 3.62. The molecule has 1 saturated carbocycles. The molecule has 1 aromatic heterocycles. The van der Waals surface area contributed by atoms with E-state index in [1.807, 2.05) is 18.2 Å². The highest BCUT2D eigenvalue weighted by molar-refractivity contribution is 5.75. The van der Waals surface area contributed by atoms with Gasteiger partial charge in [0.15, 0.2) is 0 Å². The highest BCUT2D eigenvalue weighted by Gasteiger charge is 2.55. The normalized spacial score (nSPS) is 31.5. The lowest BCUT2D eigenvalue weighted by Gasteiger charge is -2.47. The van der Waals surface area contributed by atoms with Crippen LogP contribution in [0.25, 0.3) is 11.1 Å². The van der Waals surface area contributed by atoms with E-state index in [-0.39, 0.29) is 24.1 Å². The number of aliphatic imine (C=N–C) groups is 1. The van der Waals surface area contributed by atoms with Gasteiger partial charge in [0, 0.05) is 29.7 Å². The summed E-state index contributed by atoms with van der Waals surface area (Å²) < 4.78 is 26.0. The molecule has 6 nitrogen and oxygen atoms in total. The zero-order valence-corrected chi connectivity index (χ0v) is 14.6. The second kappa shape index (κ2) is 5.92. The van der Waals surface area contributed by atoms with E-state index in [9.17, 15) is 9.50 Å². The smallest absolute Gasteiger partial charge is 0.283 e. The molecule has 4 atom stereocenters. The zero-order valence-electron chi connectivity index (χ0n) is 14.6. The van der Waals surface area contributed by atoms with Gasteiger partial charge < -0.3 is 20.3 Å². The molecule has 0 bridgehead atoms. The van der Waals surface area contributed by atoms with Crippen molar-refractivity contribution < 1.29 is 19.0 Å². The summed E-state index contributed by atoms with van der Waals surface area (Å²) >= 11 is 0. The third-order valence-corrected chi connectivity index (χ3v) is 5.92. The average molecular weight is 369 g/mol. The van der Waals surface area contributed by atoms with Crippen molar-refractivity contribution in [3.8, 4) is 16.9 Å². The van der Waals surface area contributed by atoms with Crippen LogP contribution in [0, 0.1) is 11.9 Å². The molecule has 7 heteroatoms.